The molecule has 0 radical (unpaired) electrons. The molecular weight excluding hydrogens is 548 g/mol. The summed E-state index contributed by atoms with van der Waals surface area (Å²) in [6.45, 7) is 4.08. The first kappa shape index (κ1) is 42.1. The molecule has 256 valence electrons. The van der Waals surface area contributed by atoms with Crippen LogP contribution in [0.4, 0.5) is 0 Å². The van der Waals surface area contributed by atoms with Gasteiger partial charge in [0.05, 0.1) is 6.61 Å². The fourth-order valence-electron chi connectivity index (χ4n) is 5.05. The number of hydrogen-bond acceptors (Lipinski definition) is 5. The summed E-state index contributed by atoms with van der Waals surface area (Å²) in [6.07, 6.45) is 41.9. The van der Waals surface area contributed by atoms with Gasteiger partial charge in [0, 0.05) is 12.8 Å². The second-order valence-corrected chi connectivity index (χ2v) is 12.3. The molecule has 0 amide bonds. The van der Waals surface area contributed by atoms with Gasteiger partial charge in [0.25, 0.3) is 0 Å². The Morgan fingerprint density at radius 3 is 1.41 bits per heavy atom. The molecule has 0 rings (SSSR count). The Morgan fingerprint density at radius 2 is 0.909 bits per heavy atom. The lowest BCUT2D eigenvalue weighted by Gasteiger charge is -2.15. The van der Waals surface area contributed by atoms with Crippen molar-refractivity contribution in [2.45, 2.75) is 187 Å². The fourth-order valence-corrected chi connectivity index (χ4v) is 5.05. The first-order valence-electron chi connectivity index (χ1n) is 18.5. The van der Waals surface area contributed by atoms with Crippen LogP contribution in [0.5, 0.6) is 0 Å². The number of carbonyl (C=O) groups is 2. The number of aliphatic hydroxyl groups excluding tert-OH is 1. The molecular formula is C39H70O5. The Bertz CT molecular complexity index is 711. The highest BCUT2D eigenvalue weighted by atomic mass is 16.6. The van der Waals surface area contributed by atoms with Crippen LogP contribution in [0.25, 0.3) is 0 Å². The molecule has 0 saturated heterocycles. The number of rotatable bonds is 33. The number of aliphatic hydroxyl groups is 1. The lowest BCUT2D eigenvalue weighted by molar-refractivity contribution is -0.161. The zero-order chi connectivity index (χ0) is 32.2. The molecule has 0 aliphatic rings. The van der Waals surface area contributed by atoms with Gasteiger partial charge in [0.1, 0.15) is 6.61 Å². The van der Waals surface area contributed by atoms with E-state index in [1.165, 1.54) is 89.9 Å². The third-order valence-corrected chi connectivity index (χ3v) is 7.91. The molecule has 0 aromatic carbocycles. The van der Waals surface area contributed by atoms with Crippen molar-refractivity contribution in [1.29, 1.82) is 0 Å². The summed E-state index contributed by atoms with van der Waals surface area (Å²) < 4.78 is 10.6. The highest BCUT2D eigenvalue weighted by Gasteiger charge is 2.16. The summed E-state index contributed by atoms with van der Waals surface area (Å²) in [4.78, 5) is 24.2. The normalized spacial score (nSPS) is 12.5. The van der Waals surface area contributed by atoms with Crippen molar-refractivity contribution in [3.63, 3.8) is 0 Å². The summed E-state index contributed by atoms with van der Waals surface area (Å²) in [6, 6.07) is 0. The zero-order valence-corrected chi connectivity index (χ0v) is 28.9. The maximum absolute atomic E-state index is 12.1. The summed E-state index contributed by atoms with van der Waals surface area (Å²) in [7, 11) is 0. The van der Waals surface area contributed by atoms with Gasteiger partial charge in [0.15, 0.2) is 6.10 Å². The monoisotopic (exact) mass is 619 g/mol. The minimum absolute atomic E-state index is 0.0751. The molecule has 0 unspecified atom stereocenters. The lowest BCUT2D eigenvalue weighted by Crippen LogP contribution is -2.28. The van der Waals surface area contributed by atoms with Gasteiger partial charge in [-0.05, 0) is 70.6 Å². The largest absolute Gasteiger partial charge is 0.462 e. The minimum Gasteiger partial charge on any atom is -0.462 e. The van der Waals surface area contributed by atoms with Crippen LogP contribution in [0.15, 0.2) is 36.5 Å². The summed E-state index contributed by atoms with van der Waals surface area (Å²) in [5.41, 5.74) is 0. The van der Waals surface area contributed by atoms with E-state index in [2.05, 4.69) is 50.3 Å². The first-order valence-corrected chi connectivity index (χ1v) is 18.5. The highest BCUT2D eigenvalue weighted by molar-refractivity contribution is 5.70. The van der Waals surface area contributed by atoms with Crippen molar-refractivity contribution < 1.29 is 24.2 Å². The molecule has 0 aliphatic carbocycles. The molecule has 5 heteroatoms. The van der Waals surface area contributed by atoms with E-state index in [4.69, 9.17) is 9.47 Å². The quantitative estimate of drug-likeness (QED) is 0.0450. The smallest absolute Gasteiger partial charge is 0.306 e. The van der Waals surface area contributed by atoms with E-state index < -0.39 is 6.10 Å². The Hall–Kier alpha value is -1.88. The van der Waals surface area contributed by atoms with Crippen LogP contribution in [0, 0.1) is 0 Å². The first-order chi connectivity index (χ1) is 21.6. The van der Waals surface area contributed by atoms with Crippen molar-refractivity contribution in [2.24, 2.45) is 0 Å². The Labute approximate surface area is 272 Å². The molecule has 0 fully saturated rings. The Balaban J connectivity index is 3.61. The van der Waals surface area contributed by atoms with E-state index in [9.17, 15) is 14.7 Å². The van der Waals surface area contributed by atoms with E-state index in [0.717, 1.165) is 64.2 Å². The van der Waals surface area contributed by atoms with Crippen LogP contribution in [-0.2, 0) is 19.1 Å². The van der Waals surface area contributed by atoms with Gasteiger partial charge < -0.3 is 14.6 Å². The molecule has 1 N–H and O–H groups in total. The van der Waals surface area contributed by atoms with Gasteiger partial charge in [-0.3, -0.25) is 9.59 Å². The van der Waals surface area contributed by atoms with Crippen LogP contribution in [0.2, 0.25) is 0 Å². The average Bonchev–Trinajstić information content (AvgIpc) is 3.02. The van der Waals surface area contributed by atoms with Gasteiger partial charge in [0.2, 0.25) is 0 Å². The van der Waals surface area contributed by atoms with E-state index in [1.807, 2.05) is 0 Å². The number of esters is 2. The van der Waals surface area contributed by atoms with Crippen LogP contribution in [0.1, 0.15) is 181 Å². The van der Waals surface area contributed by atoms with Crippen molar-refractivity contribution in [2.75, 3.05) is 13.2 Å². The standard InChI is InChI=1S/C39H70O5/c1-3-5-7-9-11-13-15-17-19-21-23-25-27-29-31-33-38(41)43-36-37(35-40)44-39(42)34-32-30-28-26-24-22-20-18-16-14-12-10-8-6-4-2/h12,14,17-20,37,40H,3-11,13,15-16,21-36H2,1-2H3/b14-12-,19-17-,20-18-/t37-/m0/s1. The molecule has 0 aromatic rings. The van der Waals surface area contributed by atoms with E-state index >= 15 is 0 Å². The van der Waals surface area contributed by atoms with Gasteiger partial charge in [-0.15, -0.1) is 0 Å². The van der Waals surface area contributed by atoms with Crippen molar-refractivity contribution in [1.82, 2.24) is 0 Å². The number of carbonyl (C=O) groups excluding carboxylic acids is 2. The predicted molar refractivity (Wildman–Crippen MR) is 187 cm³/mol. The van der Waals surface area contributed by atoms with Gasteiger partial charge in [-0.1, -0.05) is 134 Å². The molecule has 0 bridgehead atoms. The predicted octanol–water partition coefficient (Wildman–Crippen LogP) is 11.3. The number of allylic oxidation sites excluding steroid dienone is 6. The fraction of sp³-hybridized carbons (Fsp3) is 0.795. The summed E-state index contributed by atoms with van der Waals surface area (Å²) >= 11 is 0. The Kier molecular flexibility index (Phi) is 34.1. The molecule has 0 aromatic heterocycles. The lowest BCUT2D eigenvalue weighted by atomic mass is 10.1. The summed E-state index contributed by atoms with van der Waals surface area (Å²) in [5.74, 6) is -0.617. The number of unbranched alkanes of at least 4 members (excludes halogenated alkanes) is 19. The third kappa shape index (κ3) is 33.0. The molecule has 0 heterocycles. The second-order valence-electron chi connectivity index (χ2n) is 12.3. The van der Waals surface area contributed by atoms with Crippen LogP contribution < -0.4 is 0 Å². The molecule has 5 nitrogen and oxygen atoms in total. The van der Waals surface area contributed by atoms with Crippen LogP contribution in [0.3, 0.4) is 0 Å². The molecule has 0 saturated carbocycles. The molecule has 0 aliphatic heterocycles. The number of hydrogen-bond donors (Lipinski definition) is 1. The van der Waals surface area contributed by atoms with E-state index in [1.54, 1.807) is 0 Å². The van der Waals surface area contributed by atoms with Crippen molar-refractivity contribution in [3.8, 4) is 0 Å². The second kappa shape index (κ2) is 35.6. The minimum atomic E-state index is -0.779. The maximum atomic E-state index is 12.1. The molecule has 1 atom stereocenters. The van der Waals surface area contributed by atoms with Gasteiger partial charge in [-0.25, -0.2) is 0 Å². The molecule has 0 spiro atoms. The van der Waals surface area contributed by atoms with Gasteiger partial charge >= 0.3 is 11.9 Å². The Morgan fingerprint density at radius 1 is 0.523 bits per heavy atom. The zero-order valence-electron chi connectivity index (χ0n) is 28.9. The average molecular weight is 619 g/mol. The SMILES string of the molecule is CCCCC/C=C\C/C=C\CCCCCCCC(=O)O[C@@H](CO)COC(=O)CCCCCCC/C=C\CCCCCCCC. The maximum Gasteiger partial charge on any atom is 0.306 e. The van der Waals surface area contributed by atoms with Crippen LogP contribution >= 0.6 is 0 Å². The summed E-state index contributed by atoms with van der Waals surface area (Å²) in [5, 5.41) is 9.53. The van der Waals surface area contributed by atoms with Crippen LogP contribution in [-0.4, -0.2) is 36.4 Å². The van der Waals surface area contributed by atoms with Crippen molar-refractivity contribution in [3.05, 3.63) is 36.5 Å². The van der Waals surface area contributed by atoms with Crippen molar-refractivity contribution >= 4 is 11.9 Å². The van der Waals surface area contributed by atoms with E-state index in [-0.39, 0.29) is 25.2 Å². The molecule has 44 heavy (non-hydrogen) atoms. The number of ether oxygens (including phenoxy) is 2. The third-order valence-electron chi connectivity index (χ3n) is 7.91. The van der Waals surface area contributed by atoms with Gasteiger partial charge in [-0.2, -0.15) is 0 Å². The van der Waals surface area contributed by atoms with E-state index in [0.29, 0.717) is 12.8 Å². The topological polar surface area (TPSA) is 72.8 Å². The highest BCUT2D eigenvalue weighted by Crippen LogP contribution is 2.12.